The normalized spacial score (nSPS) is 14.7. The molecule has 1 aromatic carbocycles. The van der Waals surface area contributed by atoms with Gasteiger partial charge in [0.2, 0.25) is 0 Å². The zero-order chi connectivity index (χ0) is 14.8. The number of hydrogen-bond acceptors (Lipinski definition) is 3. The van der Waals surface area contributed by atoms with Crippen LogP contribution in [0.25, 0.3) is 10.9 Å². The SMILES string of the molecule is CC(C)C(C)(O)CNCc1ccc(F)c2cccnc12. The van der Waals surface area contributed by atoms with Crippen LogP contribution in [0.3, 0.4) is 0 Å². The summed E-state index contributed by atoms with van der Waals surface area (Å²) >= 11 is 0. The number of halogens is 1. The Morgan fingerprint density at radius 3 is 2.80 bits per heavy atom. The van der Waals surface area contributed by atoms with Crippen LogP contribution in [0.4, 0.5) is 4.39 Å². The first-order chi connectivity index (χ1) is 9.42. The second-order valence-electron chi connectivity index (χ2n) is 5.72. The molecule has 1 atom stereocenters. The molecule has 0 saturated carbocycles. The van der Waals surface area contributed by atoms with E-state index >= 15 is 0 Å². The minimum absolute atomic E-state index is 0.165. The van der Waals surface area contributed by atoms with E-state index in [0.29, 0.717) is 24.0 Å². The molecule has 0 radical (unpaired) electrons. The zero-order valence-electron chi connectivity index (χ0n) is 12.2. The molecule has 0 saturated heterocycles. The topological polar surface area (TPSA) is 45.1 Å². The summed E-state index contributed by atoms with van der Waals surface area (Å²) in [5.41, 5.74) is 0.842. The van der Waals surface area contributed by atoms with Gasteiger partial charge >= 0.3 is 0 Å². The van der Waals surface area contributed by atoms with Gasteiger partial charge in [0.05, 0.1) is 11.1 Å². The highest BCUT2D eigenvalue weighted by atomic mass is 19.1. The molecule has 1 heterocycles. The van der Waals surface area contributed by atoms with Crippen molar-refractivity contribution in [3.8, 4) is 0 Å². The van der Waals surface area contributed by atoms with Crippen molar-refractivity contribution in [3.05, 3.63) is 41.8 Å². The maximum Gasteiger partial charge on any atom is 0.132 e. The third kappa shape index (κ3) is 3.14. The Hall–Kier alpha value is -1.52. The third-order valence-corrected chi connectivity index (χ3v) is 3.84. The molecule has 0 fully saturated rings. The Balaban J connectivity index is 2.13. The van der Waals surface area contributed by atoms with E-state index in [1.807, 2.05) is 20.8 Å². The standard InChI is InChI=1S/C16H21FN2O/c1-11(2)16(3,20)10-18-9-12-6-7-14(17)13-5-4-8-19-15(12)13/h4-8,11,18,20H,9-10H2,1-3H3. The summed E-state index contributed by atoms with van der Waals surface area (Å²) in [6, 6.07) is 6.65. The van der Waals surface area contributed by atoms with Crippen molar-refractivity contribution in [1.29, 1.82) is 0 Å². The van der Waals surface area contributed by atoms with Gasteiger partial charge in [-0.25, -0.2) is 4.39 Å². The Labute approximate surface area is 118 Å². The molecule has 4 heteroatoms. The van der Waals surface area contributed by atoms with Crippen LogP contribution >= 0.6 is 0 Å². The first kappa shape index (κ1) is 14.9. The third-order valence-electron chi connectivity index (χ3n) is 3.84. The summed E-state index contributed by atoms with van der Waals surface area (Å²) in [4.78, 5) is 4.25. The van der Waals surface area contributed by atoms with Gasteiger partial charge in [-0.1, -0.05) is 19.9 Å². The molecule has 1 unspecified atom stereocenters. The van der Waals surface area contributed by atoms with E-state index in [0.717, 1.165) is 5.56 Å². The van der Waals surface area contributed by atoms with Crippen LogP contribution in [0.2, 0.25) is 0 Å². The molecule has 1 aromatic heterocycles. The number of nitrogens with one attached hydrogen (secondary N) is 1. The first-order valence-corrected chi connectivity index (χ1v) is 6.87. The van der Waals surface area contributed by atoms with E-state index in [4.69, 9.17) is 0 Å². The fourth-order valence-corrected chi connectivity index (χ4v) is 1.99. The van der Waals surface area contributed by atoms with Gasteiger partial charge in [-0.15, -0.1) is 0 Å². The lowest BCUT2D eigenvalue weighted by Gasteiger charge is -2.28. The van der Waals surface area contributed by atoms with Crippen molar-refractivity contribution in [2.24, 2.45) is 5.92 Å². The molecule has 0 bridgehead atoms. The molecule has 20 heavy (non-hydrogen) atoms. The molecular formula is C16H21FN2O. The van der Waals surface area contributed by atoms with E-state index < -0.39 is 5.60 Å². The maximum absolute atomic E-state index is 13.7. The predicted octanol–water partition coefficient (Wildman–Crippen LogP) is 2.87. The lowest BCUT2D eigenvalue weighted by atomic mass is 9.92. The van der Waals surface area contributed by atoms with Crippen LogP contribution in [0.1, 0.15) is 26.3 Å². The van der Waals surface area contributed by atoms with Crippen molar-refractivity contribution >= 4 is 10.9 Å². The number of benzene rings is 1. The second-order valence-corrected chi connectivity index (χ2v) is 5.72. The van der Waals surface area contributed by atoms with E-state index in [-0.39, 0.29) is 11.7 Å². The van der Waals surface area contributed by atoms with Gasteiger partial charge in [-0.3, -0.25) is 4.98 Å². The van der Waals surface area contributed by atoms with Crippen molar-refractivity contribution in [2.45, 2.75) is 32.9 Å². The zero-order valence-corrected chi connectivity index (χ0v) is 12.2. The monoisotopic (exact) mass is 276 g/mol. The number of nitrogens with zero attached hydrogens (tertiary/aromatic N) is 1. The molecule has 0 amide bonds. The molecule has 0 aliphatic carbocycles. The molecule has 0 aliphatic heterocycles. The van der Waals surface area contributed by atoms with Gasteiger partial charge in [0.15, 0.2) is 0 Å². The van der Waals surface area contributed by atoms with Crippen LogP contribution in [-0.4, -0.2) is 22.2 Å². The Kier molecular flexibility index (Phi) is 4.35. The number of hydrogen-bond donors (Lipinski definition) is 2. The van der Waals surface area contributed by atoms with Crippen LogP contribution in [0.15, 0.2) is 30.5 Å². The van der Waals surface area contributed by atoms with E-state index in [9.17, 15) is 9.50 Å². The highest BCUT2D eigenvalue weighted by Crippen LogP contribution is 2.20. The fourth-order valence-electron chi connectivity index (χ4n) is 1.99. The minimum Gasteiger partial charge on any atom is -0.389 e. The average molecular weight is 276 g/mol. The number of aromatic nitrogens is 1. The quantitative estimate of drug-likeness (QED) is 0.882. The Morgan fingerprint density at radius 2 is 2.10 bits per heavy atom. The molecule has 2 aromatic rings. The van der Waals surface area contributed by atoms with Gasteiger partial charge in [0.1, 0.15) is 5.82 Å². The highest BCUT2D eigenvalue weighted by molar-refractivity contribution is 5.82. The van der Waals surface area contributed by atoms with E-state index in [1.54, 1.807) is 24.4 Å². The summed E-state index contributed by atoms with van der Waals surface area (Å²) in [7, 11) is 0. The predicted molar refractivity (Wildman–Crippen MR) is 78.9 cm³/mol. The number of rotatable bonds is 5. The molecule has 2 rings (SSSR count). The van der Waals surface area contributed by atoms with Gasteiger partial charge in [0.25, 0.3) is 0 Å². The Bertz CT molecular complexity index is 596. The summed E-state index contributed by atoms with van der Waals surface area (Å²) in [6.07, 6.45) is 1.66. The summed E-state index contributed by atoms with van der Waals surface area (Å²) in [5, 5.41) is 13.9. The van der Waals surface area contributed by atoms with Crippen molar-refractivity contribution in [1.82, 2.24) is 10.3 Å². The van der Waals surface area contributed by atoms with Crippen molar-refractivity contribution in [2.75, 3.05) is 6.54 Å². The lowest BCUT2D eigenvalue weighted by Crippen LogP contribution is -2.42. The molecule has 108 valence electrons. The summed E-state index contributed by atoms with van der Waals surface area (Å²) in [5.74, 6) is -0.0934. The van der Waals surface area contributed by atoms with Gasteiger partial charge in [0, 0.05) is 24.7 Å². The second kappa shape index (κ2) is 5.85. The molecule has 2 N–H and O–H groups in total. The van der Waals surface area contributed by atoms with Crippen LogP contribution < -0.4 is 5.32 Å². The van der Waals surface area contributed by atoms with Crippen LogP contribution in [-0.2, 0) is 6.54 Å². The minimum atomic E-state index is -0.761. The van der Waals surface area contributed by atoms with E-state index in [1.165, 1.54) is 6.07 Å². The number of fused-ring (bicyclic) bond motifs is 1. The van der Waals surface area contributed by atoms with Crippen molar-refractivity contribution in [3.63, 3.8) is 0 Å². The first-order valence-electron chi connectivity index (χ1n) is 6.87. The fraction of sp³-hybridized carbons (Fsp3) is 0.438. The molecule has 0 aliphatic rings. The Morgan fingerprint density at radius 1 is 1.35 bits per heavy atom. The summed E-state index contributed by atoms with van der Waals surface area (Å²) in [6.45, 7) is 6.81. The number of aliphatic hydroxyl groups is 1. The highest BCUT2D eigenvalue weighted by Gasteiger charge is 2.24. The molecular weight excluding hydrogens is 255 g/mol. The largest absolute Gasteiger partial charge is 0.389 e. The van der Waals surface area contributed by atoms with Gasteiger partial charge < -0.3 is 10.4 Å². The maximum atomic E-state index is 13.7. The molecule has 3 nitrogen and oxygen atoms in total. The summed E-state index contributed by atoms with van der Waals surface area (Å²) < 4.78 is 13.7. The van der Waals surface area contributed by atoms with Gasteiger partial charge in [-0.2, -0.15) is 0 Å². The smallest absolute Gasteiger partial charge is 0.132 e. The van der Waals surface area contributed by atoms with Crippen LogP contribution in [0.5, 0.6) is 0 Å². The average Bonchev–Trinajstić information content (AvgIpc) is 2.41. The van der Waals surface area contributed by atoms with Crippen LogP contribution in [0, 0.1) is 11.7 Å². The van der Waals surface area contributed by atoms with E-state index in [2.05, 4.69) is 10.3 Å². The van der Waals surface area contributed by atoms with Crippen molar-refractivity contribution < 1.29 is 9.50 Å². The lowest BCUT2D eigenvalue weighted by molar-refractivity contribution is 0.0140. The van der Waals surface area contributed by atoms with Gasteiger partial charge in [-0.05, 0) is 36.6 Å². The molecule has 0 spiro atoms. The number of pyridine rings is 1.